The monoisotopic (exact) mass is 390 g/mol. The molecule has 0 amide bonds. The molecule has 0 N–H and O–H groups in total. The van der Waals surface area contributed by atoms with Gasteiger partial charge in [0.2, 0.25) is 0 Å². The maximum Gasteiger partial charge on any atom is 1.00 e. The van der Waals surface area contributed by atoms with Gasteiger partial charge >= 0.3 is 64.2 Å². The van der Waals surface area contributed by atoms with Gasteiger partial charge in [-0.1, -0.05) is 19.8 Å². The summed E-state index contributed by atoms with van der Waals surface area (Å²) < 4.78 is 5.77. The molecule has 3 aliphatic rings. The summed E-state index contributed by atoms with van der Waals surface area (Å²) in [5.41, 5.74) is 0. The molecule has 3 aliphatic carbocycles. The Morgan fingerprint density at radius 1 is 0.826 bits per heavy atom. The van der Waals surface area contributed by atoms with E-state index in [2.05, 4.69) is 13.3 Å². The number of hydrogen-bond donors (Lipinski definition) is 0. The normalized spacial score (nSPS) is 36.0. The molecule has 3 saturated carbocycles. The molecule has 0 radical (unpaired) electrons. The van der Waals surface area contributed by atoms with Gasteiger partial charge in [0.05, 0.1) is 12.0 Å². The van der Waals surface area contributed by atoms with Crippen molar-refractivity contribution in [3.63, 3.8) is 0 Å². The zero-order valence-electron chi connectivity index (χ0n) is 15.3. The molecule has 3 fully saturated rings. The molecular weight excluding hydrogens is 358 g/mol. The van der Waals surface area contributed by atoms with Gasteiger partial charge in [-0.15, -0.1) is 0 Å². The van der Waals surface area contributed by atoms with E-state index in [1.54, 1.807) is 0 Å². The van der Waals surface area contributed by atoms with E-state index in [0.717, 1.165) is 56.3 Å². The SMILES string of the molecule is CC1CCC(C2CCC(C(=O)OC3CC[CH-]CC3)CC2)CC1.[Rb+]. The van der Waals surface area contributed by atoms with Crippen LogP contribution < -0.4 is 58.2 Å². The second kappa shape index (κ2) is 10.4. The van der Waals surface area contributed by atoms with E-state index in [1.807, 2.05) is 0 Å². The van der Waals surface area contributed by atoms with Crippen molar-refractivity contribution < 1.29 is 67.7 Å². The van der Waals surface area contributed by atoms with Crippen LogP contribution in [0.4, 0.5) is 0 Å². The molecule has 0 heterocycles. The topological polar surface area (TPSA) is 26.3 Å². The summed E-state index contributed by atoms with van der Waals surface area (Å²) in [7, 11) is 0. The number of esters is 1. The van der Waals surface area contributed by atoms with Gasteiger partial charge in [-0.05, 0) is 69.1 Å². The minimum atomic E-state index is 0. The molecule has 0 spiro atoms. The van der Waals surface area contributed by atoms with E-state index in [1.165, 1.54) is 38.5 Å². The number of carbonyl (C=O) groups excluding carboxylic acids is 1. The molecule has 0 unspecified atom stereocenters. The van der Waals surface area contributed by atoms with Crippen LogP contribution in [-0.2, 0) is 9.53 Å². The van der Waals surface area contributed by atoms with Crippen LogP contribution in [0.2, 0.25) is 0 Å². The van der Waals surface area contributed by atoms with Gasteiger partial charge in [0.1, 0.15) is 0 Å². The van der Waals surface area contributed by atoms with Crippen molar-refractivity contribution in [3.8, 4) is 0 Å². The van der Waals surface area contributed by atoms with Crippen molar-refractivity contribution in [2.75, 3.05) is 0 Å². The molecule has 0 aromatic heterocycles. The summed E-state index contributed by atoms with van der Waals surface area (Å²) in [5, 5.41) is 0. The van der Waals surface area contributed by atoms with Crippen LogP contribution in [0.5, 0.6) is 0 Å². The van der Waals surface area contributed by atoms with Crippen molar-refractivity contribution in [2.24, 2.45) is 23.7 Å². The van der Waals surface area contributed by atoms with E-state index < -0.39 is 0 Å². The molecule has 0 aromatic carbocycles. The summed E-state index contributed by atoms with van der Waals surface area (Å²) in [6.07, 6.45) is 17.2. The Labute approximate surface area is 191 Å². The van der Waals surface area contributed by atoms with Crippen molar-refractivity contribution in [2.45, 2.75) is 90.1 Å². The second-order valence-corrected chi connectivity index (χ2v) is 8.13. The van der Waals surface area contributed by atoms with Gasteiger partial charge in [0.25, 0.3) is 0 Å². The molecular formula is C20H33O2Rb. The average Bonchev–Trinajstić information content (AvgIpc) is 2.57. The smallest absolute Gasteiger partial charge is 0.462 e. The van der Waals surface area contributed by atoms with Crippen molar-refractivity contribution >= 4 is 5.97 Å². The molecule has 23 heavy (non-hydrogen) atoms. The molecule has 2 nitrogen and oxygen atoms in total. The zero-order chi connectivity index (χ0) is 15.4. The number of carbonyl (C=O) groups is 1. The largest absolute Gasteiger partial charge is 1.00 e. The molecule has 0 atom stereocenters. The number of hydrogen-bond acceptors (Lipinski definition) is 2. The first-order chi connectivity index (χ1) is 10.7. The van der Waals surface area contributed by atoms with E-state index in [4.69, 9.17) is 4.74 Å². The summed E-state index contributed by atoms with van der Waals surface area (Å²) in [5.74, 6) is 3.09. The van der Waals surface area contributed by atoms with Gasteiger partial charge in [0.15, 0.2) is 0 Å². The van der Waals surface area contributed by atoms with Crippen LogP contribution in [0.3, 0.4) is 0 Å². The predicted octanol–water partition coefficient (Wildman–Crippen LogP) is 2.31. The maximum atomic E-state index is 12.4. The second-order valence-electron chi connectivity index (χ2n) is 8.13. The molecule has 0 aromatic rings. The third kappa shape index (κ3) is 6.18. The van der Waals surface area contributed by atoms with Gasteiger partial charge < -0.3 is 11.2 Å². The molecule has 3 heteroatoms. The van der Waals surface area contributed by atoms with Crippen molar-refractivity contribution in [3.05, 3.63) is 6.42 Å². The summed E-state index contributed by atoms with van der Waals surface area (Å²) >= 11 is 0. The Kier molecular flexibility index (Phi) is 9.34. The third-order valence-electron chi connectivity index (χ3n) is 6.50. The van der Waals surface area contributed by atoms with Crippen LogP contribution in [-0.4, -0.2) is 12.1 Å². The first-order valence-electron chi connectivity index (χ1n) is 9.74. The summed E-state index contributed by atoms with van der Waals surface area (Å²) in [4.78, 5) is 12.4. The van der Waals surface area contributed by atoms with Crippen molar-refractivity contribution in [1.82, 2.24) is 0 Å². The zero-order valence-corrected chi connectivity index (χ0v) is 20.2. The third-order valence-corrected chi connectivity index (χ3v) is 6.50. The van der Waals surface area contributed by atoms with E-state index in [0.29, 0.717) is 0 Å². The molecule has 126 valence electrons. The summed E-state index contributed by atoms with van der Waals surface area (Å²) in [6, 6.07) is 0. The fourth-order valence-electron chi connectivity index (χ4n) is 4.86. The molecule has 0 saturated heterocycles. The van der Waals surface area contributed by atoms with Gasteiger partial charge in [-0.2, -0.15) is 12.8 Å². The minimum Gasteiger partial charge on any atom is -0.462 e. The first kappa shape index (κ1) is 20.6. The number of ether oxygens (including phenoxy) is 1. The van der Waals surface area contributed by atoms with E-state index >= 15 is 0 Å². The van der Waals surface area contributed by atoms with Crippen molar-refractivity contribution in [1.29, 1.82) is 0 Å². The maximum absolute atomic E-state index is 12.4. The van der Waals surface area contributed by atoms with Crippen LogP contribution in [0.15, 0.2) is 0 Å². The fourth-order valence-corrected chi connectivity index (χ4v) is 4.86. The van der Waals surface area contributed by atoms with Gasteiger partial charge in [-0.25, -0.2) is 0 Å². The molecule has 0 aliphatic heterocycles. The Balaban J connectivity index is 0.00000192. The minimum absolute atomic E-state index is 0. The van der Waals surface area contributed by atoms with Gasteiger partial charge in [0, 0.05) is 0 Å². The first-order valence-corrected chi connectivity index (χ1v) is 9.74. The van der Waals surface area contributed by atoms with Gasteiger partial charge in [-0.3, -0.25) is 4.79 Å². The van der Waals surface area contributed by atoms with Crippen LogP contribution in [0.25, 0.3) is 0 Å². The summed E-state index contributed by atoms with van der Waals surface area (Å²) in [6.45, 7) is 2.39. The Hall–Kier alpha value is 1.28. The van der Waals surface area contributed by atoms with E-state index in [-0.39, 0.29) is 76.2 Å². The standard InChI is InChI=1S/C20H33O2.Rb/c1-15-7-9-16(10-8-15)17-11-13-18(14-12-17)20(21)22-19-5-3-2-4-6-19;/h2,15-19H,3-14H2,1H3;/q-1;+1. The molecule has 3 rings (SSSR count). The molecule has 0 bridgehead atoms. The Bertz CT molecular complexity index is 349. The Morgan fingerprint density at radius 3 is 1.91 bits per heavy atom. The van der Waals surface area contributed by atoms with Crippen LogP contribution in [0.1, 0.15) is 84.0 Å². The van der Waals surface area contributed by atoms with Crippen LogP contribution in [0, 0.1) is 30.1 Å². The van der Waals surface area contributed by atoms with Crippen LogP contribution >= 0.6 is 0 Å². The quantitative estimate of drug-likeness (QED) is 0.546. The predicted molar refractivity (Wildman–Crippen MR) is 89.2 cm³/mol. The Morgan fingerprint density at radius 2 is 1.35 bits per heavy atom. The average molecular weight is 391 g/mol. The fraction of sp³-hybridized carbons (Fsp3) is 0.900. The number of rotatable bonds is 3. The van der Waals surface area contributed by atoms with E-state index in [9.17, 15) is 4.79 Å².